The molecule has 1 saturated heterocycles. The van der Waals surface area contributed by atoms with E-state index < -0.39 is 31.1 Å². The van der Waals surface area contributed by atoms with Crippen molar-refractivity contribution < 1.29 is 24.8 Å². The largest absolute Gasteiger partial charge is 0.494 e. The molecule has 190 valence electrons. The molecule has 0 aliphatic carbocycles. The number of aliphatic hydroxyl groups is 3. The fraction of sp³-hybridized carbons (Fsp3) is 0.560. The maximum absolute atomic E-state index is 10.3. The topological polar surface area (TPSA) is 135 Å². The van der Waals surface area contributed by atoms with Crippen molar-refractivity contribution in [3.8, 4) is 5.75 Å². The van der Waals surface area contributed by atoms with E-state index >= 15 is 0 Å². The van der Waals surface area contributed by atoms with Crippen LogP contribution in [-0.4, -0.2) is 66.4 Å². The van der Waals surface area contributed by atoms with E-state index in [1.807, 2.05) is 24.3 Å². The summed E-state index contributed by atoms with van der Waals surface area (Å²) in [7, 11) is 0. The molecule has 2 aromatic heterocycles. The maximum Gasteiger partial charge on any atom is 0.167 e. The van der Waals surface area contributed by atoms with Crippen molar-refractivity contribution >= 4 is 17.0 Å². The number of hydrogen-bond donors (Lipinski definition) is 4. The Morgan fingerprint density at radius 3 is 2.51 bits per heavy atom. The van der Waals surface area contributed by atoms with Gasteiger partial charge in [-0.05, 0) is 24.1 Å². The zero-order valence-corrected chi connectivity index (χ0v) is 20.1. The van der Waals surface area contributed by atoms with Crippen LogP contribution in [0.1, 0.15) is 57.2 Å². The number of anilines is 1. The van der Waals surface area contributed by atoms with Crippen LogP contribution in [0.15, 0.2) is 36.9 Å². The second kappa shape index (κ2) is 12.3. The highest BCUT2D eigenvalue weighted by molar-refractivity contribution is 5.82. The second-order valence-electron chi connectivity index (χ2n) is 8.89. The van der Waals surface area contributed by atoms with E-state index in [0.717, 1.165) is 24.3 Å². The zero-order valence-electron chi connectivity index (χ0n) is 20.1. The Morgan fingerprint density at radius 2 is 1.77 bits per heavy atom. The molecular weight excluding hydrogens is 450 g/mol. The summed E-state index contributed by atoms with van der Waals surface area (Å²) in [5.74, 6) is 1.41. The molecule has 1 aromatic carbocycles. The van der Waals surface area contributed by atoms with Crippen LogP contribution in [0.25, 0.3) is 11.2 Å². The van der Waals surface area contributed by atoms with Gasteiger partial charge in [-0.2, -0.15) is 0 Å². The molecule has 1 aliphatic heterocycles. The van der Waals surface area contributed by atoms with Crippen molar-refractivity contribution in [2.75, 3.05) is 18.5 Å². The first-order valence-electron chi connectivity index (χ1n) is 12.4. The lowest BCUT2D eigenvalue weighted by Gasteiger charge is -2.16. The highest BCUT2D eigenvalue weighted by Gasteiger charge is 2.44. The zero-order chi connectivity index (χ0) is 24.6. The molecule has 0 saturated carbocycles. The van der Waals surface area contributed by atoms with Crippen LogP contribution < -0.4 is 10.1 Å². The van der Waals surface area contributed by atoms with Gasteiger partial charge in [0, 0.05) is 6.54 Å². The number of aliphatic hydroxyl groups excluding tert-OH is 3. The Kier molecular flexibility index (Phi) is 8.86. The second-order valence-corrected chi connectivity index (χ2v) is 8.89. The van der Waals surface area contributed by atoms with Gasteiger partial charge in [0.2, 0.25) is 0 Å². The fourth-order valence-corrected chi connectivity index (χ4v) is 4.24. The van der Waals surface area contributed by atoms with Crippen molar-refractivity contribution in [3.05, 3.63) is 42.5 Å². The monoisotopic (exact) mass is 485 g/mol. The Balaban J connectivity index is 1.32. The molecule has 1 fully saturated rings. The third-order valence-electron chi connectivity index (χ3n) is 6.30. The molecule has 4 rings (SSSR count). The number of nitrogens with zero attached hydrogens (tertiary/aromatic N) is 4. The Bertz CT molecular complexity index is 1060. The summed E-state index contributed by atoms with van der Waals surface area (Å²) in [5.41, 5.74) is 2.03. The average Bonchev–Trinajstić information content (AvgIpc) is 3.43. The van der Waals surface area contributed by atoms with Crippen molar-refractivity contribution in [1.82, 2.24) is 19.5 Å². The number of rotatable bonds is 13. The predicted molar refractivity (Wildman–Crippen MR) is 131 cm³/mol. The molecule has 0 radical (unpaired) electrons. The van der Waals surface area contributed by atoms with Gasteiger partial charge in [-0.1, -0.05) is 51.2 Å². The first-order valence-corrected chi connectivity index (χ1v) is 12.4. The minimum Gasteiger partial charge on any atom is -0.494 e. The average molecular weight is 486 g/mol. The summed E-state index contributed by atoms with van der Waals surface area (Å²) >= 11 is 0. The molecule has 1 aliphatic rings. The standard InChI is InChI=1S/C25H35N5O5/c1-2-3-4-5-6-7-12-34-18-10-8-17(9-11-18)13-26-23-20-24(28-15-27-23)30(16-29-20)25-22(33)21(32)19(14-31)35-25/h8-11,15-16,19,21-22,25,31-33H,2-7,12-14H2,1H3,(H,26,27,28)/t19-,21-,22-,25-/m1/s1. The third kappa shape index (κ3) is 6.07. The Morgan fingerprint density at radius 1 is 1.00 bits per heavy atom. The molecule has 0 spiro atoms. The number of benzene rings is 1. The molecule has 3 heterocycles. The third-order valence-corrected chi connectivity index (χ3v) is 6.30. The van der Waals surface area contributed by atoms with Gasteiger partial charge in [0.25, 0.3) is 0 Å². The molecule has 4 N–H and O–H groups in total. The van der Waals surface area contributed by atoms with Gasteiger partial charge >= 0.3 is 0 Å². The first kappa shape index (κ1) is 25.3. The molecule has 35 heavy (non-hydrogen) atoms. The van der Waals surface area contributed by atoms with Gasteiger partial charge in [0.1, 0.15) is 30.4 Å². The molecule has 10 heteroatoms. The molecular formula is C25H35N5O5. The van der Waals surface area contributed by atoms with E-state index in [1.165, 1.54) is 44.8 Å². The Labute approximate surface area is 205 Å². The maximum atomic E-state index is 10.3. The van der Waals surface area contributed by atoms with E-state index in [-0.39, 0.29) is 0 Å². The SMILES string of the molecule is CCCCCCCCOc1ccc(CNc2ncnc3c2ncn3[C@@H]2O[C@H](CO)[C@@H](O)[C@H]2O)cc1. The summed E-state index contributed by atoms with van der Waals surface area (Å²) in [4.78, 5) is 13.0. The van der Waals surface area contributed by atoms with Gasteiger partial charge in [-0.15, -0.1) is 0 Å². The van der Waals surface area contributed by atoms with Crippen LogP contribution in [0, 0.1) is 0 Å². The van der Waals surface area contributed by atoms with E-state index in [9.17, 15) is 15.3 Å². The molecule has 0 amide bonds. The van der Waals surface area contributed by atoms with Crippen molar-refractivity contribution in [2.45, 2.75) is 76.5 Å². The quantitative estimate of drug-likeness (QED) is 0.270. The van der Waals surface area contributed by atoms with E-state index in [1.54, 1.807) is 4.57 Å². The van der Waals surface area contributed by atoms with Crippen LogP contribution in [0.3, 0.4) is 0 Å². The molecule has 10 nitrogen and oxygen atoms in total. The summed E-state index contributed by atoms with van der Waals surface area (Å²) < 4.78 is 13.0. The van der Waals surface area contributed by atoms with Crippen molar-refractivity contribution in [3.63, 3.8) is 0 Å². The number of unbranched alkanes of at least 4 members (excludes halogenated alkanes) is 5. The lowest BCUT2D eigenvalue weighted by molar-refractivity contribution is -0.0511. The summed E-state index contributed by atoms with van der Waals surface area (Å²) in [6.45, 7) is 3.10. The van der Waals surface area contributed by atoms with Crippen LogP contribution >= 0.6 is 0 Å². The molecule has 3 aromatic rings. The number of ether oxygens (including phenoxy) is 2. The summed E-state index contributed by atoms with van der Waals surface area (Å²) in [5, 5.41) is 33.0. The van der Waals surface area contributed by atoms with Crippen LogP contribution in [0.2, 0.25) is 0 Å². The fourth-order valence-electron chi connectivity index (χ4n) is 4.24. The minimum absolute atomic E-state index is 0.397. The summed E-state index contributed by atoms with van der Waals surface area (Å²) in [6, 6.07) is 7.97. The highest BCUT2D eigenvalue weighted by Crippen LogP contribution is 2.32. The predicted octanol–water partition coefficient (Wildman–Crippen LogP) is 2.79. The van der Waals surface area contributed by atoms with Gasteiger partial charge in [-0.25, -0.2) is 15.0 Å². The van der Waals surface area contributed by atoms with Gasteiger partial charge < -0.3 is 30.1 Å². The number of fused-ring (bicyclic) bond motifs is 1. The lowest BCUT2D eigenvalue weighted by Crippen LogP contribution is -2.33. The normalized spacial score (nSPS) is 22.1. The van der Waals surface area contributed by atoms with Crippen molar-refractivity contribution in [2.24, 2.45) is 0 Å². The van der Waals surface area contributed by atoms with Gasteiger partial charge in [-0.3, -0.25) is 4.57 Å². The van der Waals surface area contributed by atoms with Crippen LogP contribution in [0.5, 0.6) is 5.75 Å². The smallest absolute Gasteiger partial charge is 0.167 e. The van der Waals surface area contributed by atoms with Gasteiger partial charge in [0.05, 0.1) is 19.5 Å². The van der Waals surface area contributed by atoms with Gasteiger partial charge in [0.15, 0.2) is 23.2 Å². The number of nitrogens with one attached hydrogen (secondary N) is 1. The highest BCUT2D eigenvalue weighted by atomic mass is 16.6. The lowest BCUT2D eigenvalue weighted by atomic mass is 10.1. The number of imidazole rings is 1. The van der Waals surface area contributed by atoms with E-state index in [0.29, 0.717) is 23.5 Å². The van der Waals surface area contributed by atoms with E-state index in [4.69, 9.17) is 9.47 Å². The summed E-state index contributed by atoms with van der Waals surface area (Å²) in [6.07, 6.45) is 6.15. The minimum atomic E-state index is -1.21. The number of aromatic nitrogens is 4. The van der Waals surface area contributed by atoms with Crippen LogP contribution in [-0.2, 0) is 11.3 Å². The number of hydrogen-bond acceptors (Lipinski definition) is 9. The van der Waals surface area contributed by atoms with Crippen molar-refractivity contribution in [1.29, 1.82) is 0 Å². The van der Waals surface area contributed by atoms with E-state index in [2.05, 4.69) is 27.2 Å². The Hall–Kier alpha value is -2.79. The first-order chi connectivity index (χ1) is 17.1. The molecule has 0 bridgehead atoms. The van der Waals surface area contributed by atoms with Crippen LogP contribution in [0.4, 0.5) is 5.82 Å². The molecule has 0 unspecified atom stereocenters. The molecule has 4 atom stereocenters.